The predicted molar refractivity (Wildman–Crippen MR) is 125 cm³/mol. The molecule has 2 aromatic carbocycles. The highest BCUT2D eigenvalue weighted by molar-refractivity contribution is 7.89. The van der Waals surface area contributed by atoms with Crippen molar-refractivity contribution in [2.45, 2.75) is 58.0 Å². The first kappa shape index (κ1) is 24.1. The minimum absolute atomic E-state index is 0.0541. The summed E-state index contributed by atoms with van der Waals surface area (Å²) in [5, 5.41) is 2.77. The van der Waals surface area contributed by atoms with Crippen molar-refractivity contribution in [3.05, 3.63) is 47.0 Å². The molecule has 0 radical (unpaired) electrons. The fourth-order valence-electron chi connectivity index (χ4n) is 3.81. The van der Waals surface area contributed by atoms with Crippen molar-refractivity contribution in [3.63, 3.8) is 0 Å². The molecule has 1 atom stereocenters. The van der Waals surface area contributed by atoms with Gasteiger partial charge in [0.1, 0.15) is 16.4 Å². The van der Waals surface area contributed by atoms with Crippen molar-refractivity contribution < 1.29 is 22.7 Å². The van der Waals surface area contributed by atoms with E-state index in [4.69, 9.17) is 9.47 Å². The van der Waals surface area contributed by atoms with Crippen molar-refractivity contribution in [2.24, 2.45) is 0 Å². The Morgan fingerprint density at radius 1 is 1.03 bits per heavy atom. The molecule has 2 aromatic rings. The molecule has 8 heteroatoms. The van der Waals surface area contributed by atoms with Crippen LogP contribution in [0.5, 0.6) is 11.5 Å². The highest BCUT2D eigenvalue weighted by atomic mass is 32.2. The fraction of sp³-hybridized carbons (Fsp3) is 0.458. The Hall–Kier alpha value is -2.58. The summed E-state index contributed by atoms with van der Waals surface area (Å²) < 4.78 is 39.1. The zero-order chi connectivity index (χ0) is 23.5. The number of anilines is 1. The molecule has 1 N–H and O–H groups in total. The molecule has 1 aliphatic heterocycles. The van der Waals surface area contributed by atoms with E-state index in [1.807, 2.05) is 26.8 Å². The highest BCUT2D eigenvalue weighted by Crippen LogP contribution is 2.31. The van der Waals surface area contributed by atoms with Gasteiger partial charge >= 0.3 is 0 Å². The van der Waals surface area contributed by atoms with Crippen LogP contribution in [0.3, 0.4) is 0 Å². The van der Waals surface area contributed by atoms with Crippen LogP contribution in [0.4, 0.5) is 5.69 Å². The summed E-state index contributed by atoms with van der Waals surface area (Å²) in [6, 6.07) is 8.61. The average Bonchev–Trinajstić information content (AvgIpc) is 2.77. The summed E-state index contributed by atoms with van der Waals surface area (Å²) in [7, 11) is -2.29. The summed E-state index contributed by atoms with van der Waals surface area (Å²) in [4.78, 5) is 12.8. The molecular weight excluding hydrogens is 428 g/mol. The molecule has 0 bridgehead atoms. The van der Waals surface area contributed by atoms with Gasteiger partial charge in [-0.3, -0.25) is 4.79 Å². The van der Waals surface area contributed by atoms with Crippen LogP contribution in [0.15, 0.2) is 35.2 Å². The number of methoxy groups -OCH3 is 1. The van der Waals surface area contributed by atoms with Crippen molar-refractivity contribution >= 4 is 21.6 Å². The number of sulfonamides is 1. The third kappa shape index (κ3) is 5.24. The molecule has 1 amide bonds. The van der Waals surface area contributed by atoms with Crippen LogP contribution < -0.4 is 14.8 Å². The summed E-state index contributed by atoms with van der Waals surface area (Å²) in [6.45, 7) is 8.58. The maximum absolute atomic E-state index is 13.2. The third-order valence-corrected chi connectivity index (χ3v) is 7.72. The van der Waals surface area contributed by atoms with Gasteiger partial charge in [-0.1, -0.05) is 12.5 Å². The summed E-state index contributed by atoms with van der Waals surface area (Å²) >= 11 is 0. The Bertz CT molecular complexity index is 1090. The molecule has 0 saturated carbocycles. The van der Waals surface area contributed by atoms with Crippen LogP contribution >= 0.6 is 0 Å². The van der Waals surface area contributed by atoms with Crippen LogP contribution in [0.1, 0.15) is 42.9 Å². The quantitative estimate of drug-likeness (QED) is 0.669. The smallest absolute Gasteiger partial charge is 0.265 e. The van der Waals surface area contributed by atoms with Crippen molar-refractivity contribution in [1.29, 1.82) is 0 Å². The van der Waals surface area contributed by atoms with Gasteiger partial charge in [-0.2, -0.15) is 4.31 Å². The zero-order valence-electron chi connectivity index (χ0n) is 19.4. The molecular formula is C24H32N2O5S. The van der Waals surface area contributed by atoms with Gasteiger partial charge in [0.15, 0.2) is 6.10 Å². The first-order valence-corrected chi connectivity index (χ1v) is 12.3. The van der Waals surface area contributed by atoms with E-state index < -0.39 is 16.1 Å². The molecule has 1 unspecified atom stereocenters. The van der Waals surface area contributed by atoms with E-state index in [2.05, 4.69) is 11.4 Å². The maximum atomic E-state index is 13.2. The van der Waals surface area contributed by atoms with E-state index in [0.717, 1.165) is 36.0 Å². The molecule has 0 spiro atoms. The third-order valence-electron chi connectivity index (χ3n) is 5.80. The van der Waals surface area contributed by atoms with Gasteiger partial charge in [0, 0.05) is 18.8 Å². The van der Waals surface area contributed by atoms with Gasteiger partial charge in [-0.15, -0.1) is 0 Å². The molecule has 174 valence electrons. The lowest BCUT2D eigenvalue weighted by Crippen LogP contribution is -2.36. The first-order chi connectivity index (χ1) is 15.1. The van der Waals surface area contributed by atoms with Gasteiger partial charge in [-0.05, 0) is 81.5 Å². The van der Waals surface area contributed by atoms with Gasteiger partial charge in [0.2, 0.25) is 10.0 Å². The first-order valence-electron chi connectivity index (χ1n) is 10.9. The number of nitrogens with one attached hydrogen (secondary N) is 1. The normalized spacial score (nSPS) is 15.8. The number of aryl methyl sites for hydroxylation is 2. The van der Waals surface area contributed by atoms with Gasteiger partial charge in [0.25, 0.3) is 5.91 Å². The molecule has 7 nitrogen and oxygen atoms in total. The average molecular weight is 461 g/mol. The summed E-state index contributed by atoms with van der Waals surface area (Å²) in [6.07, 6.45) is 1.94. The Balaban J connectivity index is 1.80. The second-order valence-electron chi connectivity index (χ2n) is 8.28. The lowest BCUT2D eigenvalue weighted by Gasteiger charge is -2.26. The largest absolute Gasteiger partial charge is 0.495 e. The summed E-state index contributed by atoms with van der Waals surface area (Å²) in [5.74, 6) is 0.548. The molecule has 1 aliphatic rings. The number of benzene rings is 2. The molecule has 0 aromatic heterocycles. The van der Waals surface area contributed by atoms with E-state index in [-0.39, 0.29) is 16.6 Å². The Morgan fingerprint density at radius 2 is 1.72 bits per heavy atom. The lowest BCUT2D eigenvalue weighted by molar-refractivity contribution is -0.122. The molecule has 3 rings (SSSR count). The monoisotopic (exact) mass is 460 g/mol. The van der Waals surface area contributed by atoms with Gasteiger partial charge in [-0.25, -0.2) is 8.42 Å². The van der Waals surface area contributed by atoms with E-state index >= 15 is 0 Å². The number of amides is 1. The maximum Gasteiger partial charge on any atom is 0.265 e. The number of hydrogen-bond acceptors (Lipinski definition) is 5. The van der Waals surface area contributed by atoms with Gasteiger partial charge in [0.05, 0.1) is 7.11 Å². The lowest BCUT2D eigenvalue weighted by atomic mass is 10.1. The summed E-state index contributed by atoms with van der Waals surface area (Å²) in [5.41, 5.74) is 3.50. The number of rotatable bonds is 7. The van der Waals surface area contributed by atoms with Crippen LogP contribution in [0.25, 0.3) is 0 Å². The number of hydrogen-bond donors (Lipinski definition) is 1. The van der Waals surface area contributed by atoms with E-state index in [1.165, 1.54) is 17.5 Å². The van der Waals surface area contributed by atoms with Crippen molar-refractivity contribution in [3.8, 4) is 11.5 Å². The minimum atomic E-state index is -3.72. The Morgan fingerprint density at radius 3 is 2.38 bits per heavy atom. The number of nitrogens with zero attached hydrogens (tertiary/aromatic N) is 1. The van der Waals surface area contributed by atoms with Crippen LogP contribution in [-0.2, 0) is 14.8 Å². The number of carbonyl (C=O) groups excluding carboxylic acids is 1. The second kappa shape index (κ2) is 9.92. The van der Waals surface area contributed by atoms with Crippen LogP contribution in [-0.4, -0.2) is 44.9 Å². The highest BCUT2D eigenvalue weighted by Gasteiger charge is 2.29. The molecule has 1 heterocycles. The standard InChI is InChI=1S/C24H32N2O5S/c1-16-13-17(2)18(3)22(14-16)31-19(4)24(27)25-20-9-10-21(30-5)23(15-20)32(28,29)26-11-7-6-8-12-26/h9-10,13-15,19H,6-8,11-12H2,1-5H3,(H,25,27). The number of carbonyl (C=O) groups is 1. The zero-order valence-corrected chi connectivity index (χ0v) is 20.2. The van der Waals surface area contributed by atoms with Crippen molar-refractivity contribution in [2.75, 3.05) is 25.5 Å². The van der Waals surface area contributed by atoms with Gasteiger partial charge < -0.3 is 14.8 Å². The van der Waals surface area contributed by atoms with Crippen LogP contribution in [0.2, 0.25) is 0 Å². The molecule has 1 saturated heterocycles. The van der Waals surface area contributed by atoms with Crippen molar-refractivity contribution in [1.82, 2.24) is 4.31 Å². The number of piperidine rings is 1. The Labute approximate surface area is 190 Å². The molecule has 1 fully saturated rings. The predicted octanol–water partition coefficient (Wildman–Crippen LogP) is 4.20. The Kier molecular flexibility index (Phi) is 7.46. The fourth-order valence-corrected chi connectivity index (χ4v) is 5.51. The topological polar surface area (TPSA) is 84.9 Å². The van der Waals surface area contributed by atoms with Crippen LogP contribution in [0, 0.1) is 20.8 Å². The minimum Gasteiger partial charge on any atom is -0.495 e. The number of ether oxygens (including phenoxy) is 2. The SMILES string of the molecule is COc1ccc(NC(=O)C(C)Oc2cc(C)cc(C)c2C)cc1S(=O)(=O)N1CCCCC1. The molecule has 32 heavy (non-hydrogen) atoms. The van der Waals surface area contributed by atoms with E-state index in [9.17, 15) is 13.2 Å². The molecule has 0 aliphatic carbocycles. The second-order valence-corrected chi connectivity index (χ2v) is 10.2. The van der Waals surface area contributed by atoms with E-state index in [1.54, 1.807) is 19.1 Å². The van der Waals surface area contributed by atoms with E-state index in [0.29, 0.717) is 24.5 Å².